The number of ether oxygens (including phenoxy) is 2. The van der Waals surface area contributed by atoms with Gasteiger partial charge in [0.25, 0.3) is 0 Å². The van der Waals surface area contributed by atoms with Crippen LogP contribution in [0, 0.1) is 0 Å². The van der Waals surface area contributed by atoms with Crippen molar-refractivity contribution in [3.05, 3.63) is 30.0 Å². The fraction of sp³-hybridized carbons (Fsp3) is 0.579. The molecule has 1 amide bonds. The van der Waals surface area contributed by atoms with Gasteiger partial charge in [-0.15, -0.1) is 10.2 Å². The maximum absolute atomic E-state index is 12.1. The van der Waals surface area contributed by atoms with Crippen LogP contribution < -0.4 is 5.32 Å². The number of esters is 1. The molecule has 0 bridgehead atoms. The normalized spacial score (nSPS) is 11.0. The van der Waals surface area contributed by atoms with Crippen molar-refractivity contribution >= 4 is 23.6 Å². The minimum absolute atomic E-state index is 0.00412. The molecular formula is C19H28N4O5S. The number of rotatable bonds is 13. The molecule has 2 aromatic heterocycles. The van der Waals surface area contributed by atoms with Gasteiger partial charge in [0.2, 0.25) is 5.91 Å². The van der Waals surface area contributed by atoms with Crippen molar-refractivity contribution in [3.63, 3.8) is 0 Å². The molecule has 0 atom stereocenters. The predicted octanol–water partition coefficient (Wildman–Crippen LogP) is 2.05. The number of nitrogens with one attached hydrogen (secondary N) is 1. The Morgan fingerprint density at radius 3 is 2.86 bits per heavy atom. The first kappa shape index (κ1) is 23.0. The second-order valence-electron chi connectivity index (χ2n) is 6.46. The van der Waals surface area contributed by atoms with Crippen molar-refractivity contribution < 1.29 is 23.5 Å². The van der Waals surface area contributed by atoms with Crippen molar-refractivity contribution in [3.8, 4) is 0 Å². The van der Waals surface area contributed by atoms with Crippen molar-refractivity contribution in [2.24, 2.45) is 0 Å². The molecule has 9 nitrogen and oxygen atoms in total. The van der Waals surface area contributed by atoms with Crippen LogP contribution in [-0.4, -0.2) is 58.3 Å². The minimum atomic E-state index is -0.376. The lowest BCUT2D eigenvalue weighted by atomic mass is 10.4. The summed E-state index contributed by atoms with van der Waals surface area (Å²) in [4.78, 5) is 23.9. The Labute approximate surface area is 174 Å². The standard InChI is InChI=1S/C19H28N4O5S/c1-4-26-18(25)11-16-21-22-19(23(16)12-15-7-5-9-28-15)29-13-17(24)20-8-6-10-27-14(2)3/h5,7,9,14H,4,6,8,10-13H2,1-3H3,(H,20,24). The molecule has 0 saturated carbocycles. The molecule has 0 unspecified atom stereocenters. The largest absolute Gasteiger partial charge is 0.467 e. The van der Waals surface area contributed by atoms with E-state index >= 15 is 0 Å². The Morgan fingerprint density at radius 1 is 1.34 bits per heavy atom. The summed E-state index contributed by atoms with van der Waals surface area (Å²) in [5.41, 5.74) is 0. The van der Waals surface area contributed by atoms with E-state index in [2.05, 4.69) is 15.5 Å². The third-order valence-electron chi connectivity index (χ3n) is 3.72. The highest BCUT2D eigenvalue weighted by Gasteiger charge is 2.18. The zero-order valence-corrected chi connectivity index (χ0v) is 17.9. The average molecular weight is 425 g/mol. The van der Waals surface area contributed by atoms with Crippen LogP contribution in [0.4, 0.5) is 0 Å². The molecule has 2 aromatic rings. The predicted molar refractivity (Wildman–Crippen MR) is 108 cm³/mol. The number of carbonyl (C=O) groups excluding carboxylic acids is 2. The van der Waals surface area contributed by atoms with E-state index in [1.165, 1.54) is 11.8 Å². The van der Waals surface area contributed by atoms with E-state index in [1.54, 1.807) is 23.8 Å². The molecule has 0 saturated heterocycles. The summed E-state index contributed by atoms with van der Waals surface area (Å²) in [5.74, 6) is 0.887. The van der Waals surface area contributed by atoms with Gasteiger partial charge in [0.15, 0.2) is 5.16 Å². The van der Waals surface area contributed by atoms with Crippen molar-refractivity contribution in [1.29, 1.82) is 0 Å². The molecule has 0 aliphatic rings. The Balaban J connectivity index is 1.92. The summed E-state index contributed by atoms with van der Waals surface area (Å²) in [6.45, 7) is 7.54. The number of hydrogen-bond acceptors (Lipinski definition) is 8. The number of thioether (sulfide) groups is 1. The zero-order valence-electron chi connectivity index (χ0n) is 17.1. The fourth-order valence-electron chi connectivity index (χ4n) is 2.41. The third kappa shape index (κ3) is 8.28. The van der Waals surface area contributed by atoms with Crippen LogP contribution in [0.15, 0.2) is 28.0 Å². The first-order valence-corrected chi connectivity index (χ1v) is 10.6. The average Bonchev–Trinajstić information content (AvgIpc) is 3.31. The highest BCUT2D eigenvalue weighted by atomic mass is 32.2. The topological polar surface area (TPSA) is 108 Å². The van der Waals surface area contributed by atoms with Gasteiger partial charge >= 0.3 is 5.97 Å². The van der Waals surface area contributed by atoms with E-state index in [0.717, 1.165) is 6.42 Å². The van der Waals surface area contributed by atoms with Gasteiger partial charge < -0.3 is 19.2 Å². The van der Waals surface area contributed by atoms with Crippen LogP contribution in [-0.2, 0) is 32.0 Å². The molecule has 0 spiro atoms. The zero-order chi connectivity index (χ0) is 21.1. The SMILES string of the molecule is CCOC(=O)Cc1nnc(SCC(=O)NCCCOC(C)C)n1Cc1ccco1. The molecule has 0 fully saturated rings. The molecule has 0 aromatic carbocycles. The van der Waals surface area contributed by atoms with E-state index in [-0.39, 0.29) is 30.2 Å². The lowest BCUT2D eigenvalue weighted by molar-refractivity contribution is -0.142. The lowest BCUT2D eigenvalue weighted by Gasteiger charge is -2.09. The maximum Gasteiger partial charge on any atom is 0.313 e. The van der Waals surface area contributed by atoms with Gasteiger partial charge in [0.1, 0.15) is 18.0 Å². The Bertz CT molecular complexity index is 761. The first-order valence-electron chi connectivity index (χ1n) is 9.60. The third-order valence-corrected chi connectivity index (χ3v) is 4.69. The van der Waals surface area contributed by atoms with E-state index < -0.39 is 0 Å². The molecular weight excluding hydrogens is 396 g/mol. The minimum Gasteiger partial charge on any atom is -0.467 e. The molecule has 10 heteroatoms. The van der Waals surface area contributed by atoms with Gasteiger partial charge in [0.05, 0.1) is 31.3 Å². The van der Waals surface area contributed by atoms with Crippen molar-refractivity contribution in [1.82, 2.24) is 20.1 Å². The summed E-state index contributed by atoms with van der Waals surface area (Å²) < 4.78 is 17.6. The Morgan fingerprint density at radius 2 is 2.17 bits per heavy atom. The van der Waals surface area contributed by atoms with Gasteiger partial charge in [-0.25, -0.2) is 0 Å². The quantitative estimate of drug-likeness (QED) is 0.296. The van der Waals surface area contributed by atoms with Gasteiger partial charge in [0, 0.05) is 13.2 Å². The second kappa shape index (κ2) is 12.3. The summed E-state index contributed by atoms with van der Waals surface area (Å²) in [6, 6.07) is 3.61. The molecule has 1 N–H and O–H groups in total. The first-order chi connectivity index (χ1) is 14.0. The summed E-state index contributed by atoms with van der Waals surface area (Å²) in [6.07, 6.45) is 2.52. The molecule has 160 valence electrons. The van der Waals surface area contributed by atoms with Gasteiger partial charge in [-0.05, 0) is 39.3 Å². The Kier molecular flexibility index (Phi) is 9.72. The van der Waals surface area contributed by atoms with Crippen molar-refractivity contribution in [2.75, 3.05) is 25.5 Å². The van der Waals surface area contributed by atoms with Crippen LogP contribution in [0.2, 0.25) is 0 Å². The van der Waals surface area contributed by atoms with Gasteiger partial charge in [-0.1, -0.05) is 11.8 Å². The molecule has 0 aliphatic heterocycles. The smallest absolute Gasteiger partial charge is 0.313 e. The van der Waals surface area contributed by atoms with Gasteiger partial charge in [-0.3, -0.25) is 14.2 Å². The second-order valence-corrected chi connectivity index (χ2v) is 7.40. The van der Waals surface area contributed by atoms with Crippen LogP contribution in [0.25, 0.3) is 0 Å². The van der Waals surface area contributed by atoms with Crippen LogP contribution in [0.3, 0.4) is 0 Å². The summed E-state index contributed by atoms with van der Waals surface area (Å²) >= 11 is 1.26. The van der Waals surface area contributed by atoms with Crippen molar-refractivity contribution in [2.45, 2.75) is 51.4 Å². The molecule has 2 heterocycles. The summed E-state index contributed by atoms with van der Waals surface area (Å²) in [5, 5.41) is 11.6. The molecule has 0 radical (unpaired) electrons. The van der Waals surface area contributed by atoms with E-state index in [1.807, 2.05) is 19.9 Å². The van der Waals surface area contributed by atoms with Crippen LogP contribution in [0.5, 0.6) is 0 Å². The molecule has 2 rings (SSSR count). The number of nitrogens with zero attached hydrogens (tertiary/aromatic N) is 3. The molecule has 29 heavy (non-hydrogen) atoms. The Hall–Kier alpha value is -2.33. The molecule has 0 aliphatic carbocycles. The number of furan rings is 1. The van der Waals surface area contributed by atoms with E-state index in [4.69, 9.17) is 13.9 Å². The van der Waals surface area contributed by atoms with Crippen LogP contribution >= 0.6 is 11.8 Å². The van der Waals surface area contributed by atoms with E-state index in [9.17, 15) is 9.59 Å². The number of amides is 1. The van der Waals surface area contributed by atoms with E-state index in [0.29, 0.717) is 43.0 Å². The fourth-order valence-corrected chi connectivity index (χ4v) is 3.20. The number of aromatic nitrogens is 3. The monoisotopic (exact) mass is 424 g/mol. The lowest BCUT2D eigenvalue weighted by Crippen LogP contribution is -2.27. The number of carbonyl (C=O) groups is 2. The van der Waals surface area contributed by atoms with Crippen LogP contribution in [0.1, 0.15) is 38.8 Å². The summed E-state index contributed by atoms with van der Waals surface area (Å²) in [7, 11) is 0. The maximum atomic E-state index is 12.1. The highest BCUT2D eigenvalue weighted by molar-refractivity contribution is 7.99. The number of hydrogen-bond donors (Lipinski definition) is 1. The highest BCUT2D eigenvalue weighted by Crippen LogP contribution is 2.19. The van der Waals surface area contributed by atoms with Gasteiger partial charge in [-0.2, -0.15) is 0 Å².